The Morgan fingerprint density at radius 2 is 1.91 bits per heavy atom. The van der Waals surface area contributed by atoms with Crippen molar-refractivity contribution in [3.8, 4) is 5.75 Å². The van der Waals surface area contributed by atoms with Crippen LogP contribution in [0.15, 0.2) is 59.6 Å². The van der Waals surface area contributed by atoms with Gasteiger partial charge in [-0.2, -0.15) is 0 Å². The SMILES string of the molecule is O=C(OCc1ccccc1)C1CSC(c2ccccc2O)=N1. The van der Waals surface area contributed by atoms with Gasteiger partial charge < -0.3 is 9.84 Å². The summed E-state index contributed by atoms with van der Waals surface area (Å²) in [4.78, 5) is 16.5. The lowest BCUT2D eigenvalue weighted by molar-refractivity contribution is -0.145. The molecule has 0 saturated carbocycles. The number of aromatic hydroxyl groups is 1. The summed E-state index contributed by atoms with van der Waals surface area (Å²) < 4.78 is 5.30. The van der Waals surface area contributed by atoms with Gasteiger partial charge in [-0.3, -0.25) is 4.99 Å². The second kappa shape index (κ2) is 6.66. The lowest BCUT2D eigenvalue weighted by Gasteiger charge is -2.07. The normalized spacial score (nSPS) is 17.1. The number of ether oxygens (including phenoxy) is 1. The van der Waals surface area contributed by atoms with Crippen LogP contribution in [0.1, 0.15) is 11.1 Å². The maximum absolute atomic E-state index is 12.1. The quantitative estimate of drug-likeness (QED) is 0.882. The molecule has 2 aromatic carbocycles. The van der Waals surface area contributed by atoms with Crippen molar-refractivity contribution in [2.45, 2.75) is 12.6 Å². The zero-order valence-electron chi connectivity index (χ0n) is 11.8. The molecule has 0 fully saturated rings. The number of carbonyl (C=O) groups is 1. The monoisotopic (exact) mass is 313 g/mol. The fraction of sp³-hybridized carbons (Fsp3) is 0.176. The Balaban J connectivity index is 1.64. The van der Waals surface area contributed by atoms with Crippen molar-refractivity contribution in [2.75, 3.05) is 5.75 Å². The van der Waals surface area contributed by atoms with Crippen molar-refractivity contribution in [2.24, 2.45) is 4.99 Å². The van der Waals surface area contributed by atoms with Gasteiger partial charge in [0.2, 0.25) is 0 Å². The fourth-order valence-electron chi connectivity index (χ4n) is 2.12. The third kappa shape index (κ3) is 3.31. The van der Waals surface area contributed by atoms with E-state index in [1.54, 1.807) is 18.2 Å². The van der Waals surface area contributed by atoms with E-state index in [0.717, 1.165) is 5.56 Å². The molecule has 0 spiro atoms. The van der Waals surface area contributed by atoms with Gasteiger partial charge in [0.1, 0.15) is 17.4 Å². The summed E-state index contributed by atoms with van der Waals surface area (Å²) in [6.45, 7) is 0.252. The molecule has 0 saturated heterocycles. The Bertz CT molecular complexity index is 700. The van der Waals surface area contributed by atoms with E-state index in [-0.39, 0.29) is 18.3 Å². The molecule has 0 radical (unpaired) electrons. The van der Waals surface area contributed by atoms with Crippen LogP contribution < -0.4 is 0 Å². The number of rotatable bonds is 4. The highest BCUT2D eigenvalue weighted by molar-refractivity contribution is 8.14. The largest absolute Gasteiger partial charge is 0.507 e. The third-order valence-electron chi connectivity index (χ3n) is 3.28. The fourth-order valence-corrected chi connectivity index (χ4v) is 3.18. The standard InChI is InChI=1S/C17H15NO3S/c19-15-9-5-4-8-13(15)16-18-14(11-22-16)17(20)21-10-12-6-2-1-3-7-12/h1-9,14,19H,10-11H2. The summed E-state index contributed by atoms with van der Waals surface area (Å²) in [5.41, 5.74) is 1.61. The van der Waals surface area contributed by atoms with Gasteiger partial charge in [-0.25, -0.2) is 4.79 Å². The van der Waals surface area contributed by atoms with Gasteiger partial charge in [0, 0.05) is 11.3 Å². The molecule has 5 heteroatoms. The number of benzene rings is 2. The van der Waals surface area contributed by atoms with Gasteiger partial charge >= 0.3 is 5.97 Å². The van der Waals surface area contributed by atoms with Crippen LogP contribution in [0.5, 0.6) is 5.75 Å². The zero-order valence-corrected chi connectivity index (χ0v) is 12.6. The van der Waals surface area contributed by atoms with Crippen molar-refractivity contribution >= 4 is 22.8 Å². The van der Waals surface area contributed by atoms with Crippen molar-refractivity contribution in [1.82, 2.24) is 0 Å². The minimum atomic E-state index is -0.511. The van der Waals surface area contributed by atoms with Gasteiger partial charge in [0.05, 0.1) is 0 Å². The van der Waals surface area contributed by atoms with Gasteiger partial charge in [0.25, 0.3) is 0 Å². The number of phenols is 1. The summed E-state index contributed by atoms with van der Waals surface area (Å²) >= 11 is 1.46. The summed E-state index contributed by atoms with van der Waals surface area (Å²) in [5, 5.41) is 10.5. The van der Waals surface area contributed by atoms with Gasteiger partial charge in [-0.05, 0) is 17.7 Å². The second-order valence-electron chi connectivity index (χ2n) is 4.87. The van der Waals surface area contributed by atoms with Crippen LogP contribution in [0.2, 0.25) is 0 Å². The Hall–Kier alpha value is -2.27. The number of thioether (sulfide) groups is 1. The predicted octanol–water partition coefficient (Wildman–Crippen LogP) is 3.00. The third-order valence-corrected chi connectivity index (χ3v) is 4.36. The minimum absolute atomic E-state index is 0.173. The van der Waals surface area contributed by atoms with E-state index in [9.17, 15) is 9.90 Å². The maximum Gasteiger partial charge on any atom is 0.332 e. The molecule has 0 bridgehead atoms. The number of nitrogens with zero attached hydrogens (tertiary/aromatic N) is 1. The summed E-state index contributed by atoms with van der Waals surface area (Å²) in [6, 6.07) is 16.0. The highest BCUT2D eigenvalue weighted by Gasteiger charge is 2.28. The van der Waals surface area contributed by atoms with Crippen LogP contribution in [0.3, 0.4) is 0 Å². The first-order valence-electron chi connectivity index (χ1n) is 6.93. The molecule has 1 aliphatic heterocycles. The first-order chi connectivity index (χ1) is 10.7. The molecule has 22 heavy (non-hydrogen) atoms. The first-order valence-corrected chi connectivity index (χ1v) is 7.92. The summed E-state index contributed by atoms with van der Waals surface area (Å²) in [7, 11) is 0. The van der Waals surface area contributed by atoms with E-state index in [1.165, 1.54) is 11.8 Å². The maximum atomic E-state index is 12.1. The molecule has 3 rings (SSSR count). The molecule has 1 N–H and O–H groups in total. The number of para-hydroxylation sites is 1. The summed E-state index contributed by atoms with van der Waals surface area (Å²) in [6.07, 6.45) is 0. The molecule has 1 heterocycles. The predicted molar refractivity (Wildman–Crippen MR) is 87.1 cm³/mol. The van der Waals surface area contributed by atoms with Crippen molar-refractivity contribution < 1.29 is 14.6 Å². The molecular weight excluding hydrogens is 298 g/mol. The van der Waals surface area contributed by atoms with E-state index in [0.29, 0.717) is 16.4 Å². The average Bonchev–Trinajstić information content (AvgIpc) is 3.04. The molecular formula is C17H15NO3S. The van der Waals surface area contributed by atoms with Crippen molar-refractivity contribution in [3.63, 3.8) is 0 Å². The summed E-state index contributed by atoms with van der Waals surface area (Å²) in [5.74, 6) is 0.380. The Morgan fingerprint density at radius 1 is 1.18 bits per heavy atom. The molecule has 1 unspecified atom stereocenters. The van der Waals surface area contributed by atoms with Crippen LogP contribution in [0, 0.1) is 0 Å². The first kappa shape index (κ1) is 14.7. The van der Waals surface area contributed by atoms with Crippen LogP contribution in [-0.2, 0) is 16.1 Å². The van der Waals surface area contributed by atoms with E-state index in [1.807, 2.05) is 36.4 Å². The smallest absolute Gasteiger partial charge is 0.332 e. The van der Waals surface area contributed by atoms with Gasteiger partial charge in [0.15, 0.2) is 6.04 Å². The number of aliphatic imine (C=N–C) groups is 1. The topological polar surface area (TPSA) is 58.9 Å². The molecule has 1 atom stereocenters. The van der Waals surface area contributed by atoms with E-state index >= 15 is 0 Å². The van der Waals surface area contributed by atoms with Crippen LogP contribution in [0.4, 0.5) is 0 Å². The molecule has 0 aliphatic carbocycles. The van der Waals surface area contributed by atoms with Gasteiger partial charge in [-0.15, -0.1) is 11.8 Å². The number of phenolic OH excluding ortho intramolecular Hbond substituents is 1. The van der Waals surface area contributed by atoms with Crippen molar-refractivity contribution in [1.29, 1.82) is 0 Å². The number of carbonyl (C=O) groups excluding carboxylic acids is 1. The minimum Gasteiger partial charge on any atom is -0.507 e. The van der Waals surface area contributed by atoms with E-state index < -0.39 is 6.04 Å². The molecule has 4 nitrogen and oxygen atoms in total. The Kier molecular flexibility index (Phi) is 4.44. The van der Waals surface area contributed by atoms with Crippen LogP contribution in [-0.4, -0.2) is 27.9 Å². The highest BCUT2D eigenvalue weighted by atomic mass is 32.2. The van der Waals surface area contributed by atoms with E-state index in [2.05, 4.69) is 4.99 Å². The van der Waals surface area contributed by atoms with Crippen molar-refractivity contribution in [3.05, 3.63) is 65.7 Å². The van der Waals surface area contributed by atoms with Gasteiger partial charge in [-0.1, -0.05) is 42.5 Å². The zero-order chi connectivity index (χ0) is 15.4. The number of hydrogen-bond acceptors (Lipinski definition) is 5. The molecule has 0 amide bonds. The lowest BCUT2D eigenvalue weighted by atomic mass is 10.2. The molecule has 0 aromatic heterocycles. The van der Waals surface area contributed by atoms with E-state index in [4.69, 9.17) is 4.74 Å². The second-order valence-corrected chi connectivity index (χ2v) is 5.88. The highest BCUT2D eigenvalue weighted by Crippen LogP contribution is 2.28. The Morgan fingerprint density at radius 3 is 2.68 bits per heavy atom. The lowest BCUT2D eigenvalue weighted by Crippen LogP contribution is -2.21. The molecule has 112 valence electrons. The Labute approximate surface area is 132 Å². The number of hydrogen-bond donors (Lipinski definition) is 1. The van der Waals surface area contributed by atoms with Crippen LogP contribution in [0.25, 0.3) is 0 Å². The van der Waals surface area contributed by atoms with Crippen LogP contribution >= 0.6 is 11.8 Å². The molecule has 2 aromatic rings. The molecule has 1 aliphatic rings. The average molecular weight is 313 g/mol. The number of esters is 1.